The number of rotatable bonds is 5. The number of hydrogen-bond donors (Lipinski definition) is 2. The van der Waals surface area contributed by atoms with Crippen LogP contribution < -0.4 is 16.0 Å². The van der Waals surface area contributed by atoms with Crippen LogP contribution in [0.5, 0.6) is 5.75 Å². The Morgan fingerprint density at radius 1 is 1.59 bits per heavy atom. The van der Waals surface area contributed by atoms with E-state index in [0.29, 0.717) is 12.5 Å². The van der Waals surface area contributed by atoms with Crippen LogP contribution in [0, 0.1) is 0 Å². The summed E-state index contributed by atoms with van der Waals surface area (Å²) < 4.78 is 5.68. The Morgan fingerprint density at radius 2 is 2.35 bits per heavy atom. The molecule has 3 heteroatoms. The molecule has 0 spiro atoms. The number of nitrogens with two attached hydrogens (primary N) is 1. The Kier molecular flexibility index (Phi) is 3.82. The van der Waals surface area contributed by atoms with Gasteiger partial charge in [0.05, 0.1) is 6.61 Å². The molecule has 92 valence electrons. The number of hydrazine groups is 1. The van der Waals surface area contributed by atoms with Gasteiger partial charge in [-0.15, -0.1) is 0 Å². The molecule has 1 heterocycles. The van der Waals surface area contributed by atoms with Gasteiger partial charge in [-0.2, -0.15) is 0 Å². The van der Waals surface area contributed by atoms with E-state index in [1.165, 1.54) is 11.1 Å². The minimum atomic E-state index is 0.200. The van der Waals surface area contributed by atoms with Crippen LogP contribution in [0.4, 0.5) is 0 Å². The summed E-state index contributed by atoms with van der Waals surface area (Å²) in [6.45, 7) is 6.87. The number of ether oxygens (including phenoxy) is 1. The number of hydrogen-bond acceptors (Lipinski definition) is 3. The quantitative estimate of drug-likeness (QED) is 0.465. The second-order valence-electron chi connectivity index (χ2n) is 4.54. The molecule has 0 aromatic heterocycles. The van der Waals surface area contributed by atoms with Crippen LogP contribution in [0.3, 0.4) is 0 Å². The summed E-state index contributed by atoms with van der Waals surface area (Å²) in [5, 5.41) is 0. The number of benzene rings is 1. The lowest BCUT2D eigenvalue weighted by Crippen LogP contribution is -2.40. The van der Waals surface area contributed by atoms with Crippen LogP contribution in [0.1, 0.15) is 31.2 Å². The Bertz CT molecular complexity index is 403. The predicted octanol–water partition coefficient (Wildman–Crippen LogP) is 2.35. The third-order valence-electron chi connectivity index (χ3n) is 3.45. The van der Waals surface area contributed by atoms with Crippen molar-refractivity contribution < 1.29 is 4.74 Å². The first-order valence-corrected chi connectivity index (χ1v) is 6.10. The third kappa shape index (κ3) is 2.51. The molecule has 2 atom stereocenters. The van der Waals surface area contributed by atoms with Crippen LogP contribution in [-0.4, -0.2) is 12.6 Å². The summed E-state index contributed by atoms with van der Waals surface area (Å²) in [4.78, 5) is 0. The van der Waals surface area contributed by atoms with Gasteiger partial charge in [-0.3, -0.25) is 11.3 Å². The summed E-state index contributed by atoms with van der Waals surface area (Å²) >= 11 is 0. The van der Waals surface area contributed by atoms with E-state index in [4.69, 9.17) is 10.6 Å². The molecular weight excluding hydrogens is 212 g/mol. The summed E-state index contributed by atoms with van der Waals surface area (Å²) in [6.07, 6.45) is 1.89. The van der Waals surface area contributed by atoms with Gasteiger partial charge in [-0.25, -0.2) is 0 Å². The van der Waals surface area contributed by atoms with Gasteiger partial charge in [0.25, 0.3) is 0 Å². The normalized spacial score (nSPS) is 19.5. The van der Waals surface area contributed by atoms with Crippen LogP contribution in [-0.2, 0) is 0 Å². The fourth-order valence-corrected chi connectivity index (χ4v) is 2.29. The lowest BCUT2D eigenvalue weighted by Gasteiger charge is -2.22. The van der Waals surface area contributed by atoms with Crippen LogP contribution >= 0.6 is 0 Å². The average molecular weight is 232 g/mol. The highest BCUT2D eigenvalue weighted by atomic mass is 16.5. The molecule has 1 aromatic rings. The first-order chi connectivity index (χ1) is 8.26. The van der Waals surface area contributed by atoms with Crippen LogP contribution in [0.2, 0.25) is 0 Å². The van der Waals surface area contributed by atoms with Crippen molar-refractivity contribution in [2.45, 2.75) is 31.7 Å². The lowest BCUT2D eigenvalue weighted by atomic mass is 9.89. The van der Waals surface area contributed by atoms with Crippen LogP contribution in [0.25, 0.3) is 0 Å². The van der Waals surface area contributed by atoms with Crippen molar-refractivity contribution in [2.75, 3.05) is 6.61 Å². The topological polar surface area (TPSA) is 47.3 Å². The van der Waals surface area contributed by atoms with E-state index >= 15 is 0 Å². The Labute approximate surface area is 103 Å². The average Bonchev–Trinajstić information content (AvgIpc) is 2.79. The summed E-state index contributed by atoms with van der Waals surface area (Å²) in [5.41, 5.74) is 5.38. The van der Waals surface area contributed by atoms with Crippen LogP contribution in [0.15, 0.2) is 36.4 Å². The number of fused-ring (bicyclic) bond motifs is 1. The number of para-hydroxylation sites is 1. The maximum atomic E-state index is 5.68. The van der Waals surface area contributed by atoms with E-state index in [0.717, 1.165) is 18.6 Å². The van der Waals surface area contributed by atoms with Crippen molar-refractivity contribution in [3.63, 3.8) is 0 Å². The molecule has 0 saturated heterocycles. The van der Waals surface area contributed by atoms with Gasteiger partial charge < -0.3 is 4.74 Å². The van der Waals surface area contributed by atoms with Crippen molar-refractivity contribution in [3.05, 3.63) is 42.0 Å². The van der Waals surface area contributed by atoms with Gasteiger partial charge in [-0.05, 0) is 18.9 Å². The zero-order valence-electron chi connectivity index (χ0n) is 10.3. The smallest absolute Gasteiger partial charge is 0.122 e. The van der Waals surface area contributed by atoms with Gasteiger partial charge in [0.1, 0.15) is 5.75 Å². The molecule has 0 saturated carbocycles. The van der Waals surface area contributed by atoms with Crippen molar-refractivity contribution in [1.29, 1.82) is 0 Å². The lowest BCUT2D eigenvalue weighted by molar-refractivity contribution is 0.297. The highest BCUT2D eigenvalue weighted by molar-refractivity contribution is 5.40. The first kappa shape index (κ1) is 12.1. The highest BCUT2D eigenvalue weighted by Gasteiger charge is 2.30. The highest BCUT2D eigenvalue weighted by Crippen LogP contribution is 2.36. The first-order valence-electron chi connectivity index (χ1n) is 6.10. The molecule has 3 N–H and O–H groups in total. The monoisotopic (exact) mass is 232 g/mol. The van der Waals surface area contributed by atoms with Gasteiger partial charge in [0, 0.05) is 17.5 Å². The fourth-order valence-electron chi connectivity index (χ4n) is 2.29. The Hall–Kier alpha value is -1.32. The Balaban J connectivity index is 2.14. The van der Waals surface area contributed by atoms with E-state index < -0.39 is 0 Å². The van der Waals surface area contributed by atoms with Crippen molar-refractivity contribution >= 4 is 0 Å². The van der Waals surface area contributed by atoms with Gasteiger partial charge in [0.2, 0.25) is 0 Å². The molecule has 0 amide bonds. The molecule has 2 unspecified atom stereocenters. The molecule has 0 fully saturated rings. The molecule has 2 rings (SSSR count). The third-order valence-corrected chi connectivity index (χ3v) is 3.45. The molecule has 0 bridgehead atoms. The maximum Gasteiger partial charge on any atom is 0.122 e. The summed E-state index contributed by atoms with van der Waals surface area (Å²) in [5.74, 6) is 6.97. The second-order valence-corrected chi connectivity index (χ2v) is 4.54. The molecule has 0 aliphatic carbocycles. The molecular formula is C14H20N2O. The molecule has 1 aromatic carbocycles. The molecule has 1 aliphatic heterocycles. The fraction of sp³-hybridized carbons (Fsp3) is 0.429. The zero-order valence-corrected chi connectivity index (χ0v) is 10.3. The summed E-state index contributed by atoms with van der Waals surface area (Å²) in [6, 6.07) is 8.37. The van der Waals surface area contributed by atoms with Crippen molar-refractivity contribution in [1.82, 2.24) is 5.43 Å². The summed E-state index contributed by atoms with van der Waals surface area (Å²) in [7, 11) is 0. The van der Waals surface area contributed by atoms with E-state index in [1.807, 2.05) is 18.2 Å². The van der Waals surface area contributed by atoms with Crippen molar-refractivity contribution in [2.24, 2.45) is 5.84 Å². The molecule has 0 radical (unpaired) electrons. The largest absolute Gasteiger partial charge is 0.493 e. The minimum Gasteiger partial charge on any atom is -0.493 e. The van der Waals surface area contributed by atoms with Gasteiger partial charge in [0.15, 0.2) is 0 Å². The zero-order chi connectivity index (χ0) is 12.3. The second kappa shape index (κ2) is 5.34. The SMILES string of the molecule is C=C(CC)CC(NN)C1COc2ccccc21. The van der Waals surface area contributed by atoms with E-state index in [9.17, 15) is 0 Å². The van der Waals surface area contributed by atoms with Crippen molar-refractivity contribution in [3.8, 4) is 5.75 Å². The Morgan fingerprint density at radius 3 is 3.06 bits per heavy atom. The van der Waals surface area contributed by atoms with Gasteiger partial charge in [-0.1, -0.05) is 37.3 Å². The van der Waals surface area contributed by atoms with Gasteiger partial charge >= 0.3 is 0 Å². The standard InChI is InChI=1S/C14H20N2O/c1-3-10(2)8-13(16-15)12-9-17-14-7-5-4-6-11(12)14/h4-7,12-13,16H,2-3,8-9,15H2,1H3. The van der Waals surface area contributed by atoms with E-state index in [-0.39, 0.29) is 6.04 Å². The molecule has 3 nitrogen and oxygen atoms in total. The maximum absolute atomic E-state index is 5.68. The molecule has 17 heavy (non-hydrogen) atoms. The minimum absolute atomic E-state index is 0.200. The van der Waals surface area contributed by atoms with E-state index in [1.54, 1.807) is 0 Å². The molecule has 1 aliphatic rings. The van der Waals surface area contributed by atoms with E-state index in [2.05, 4.69) is 25.0 Å². The number of nitrogens with one attached hydrogen (secondary N) is 1. The predicted molar refractivity (Wildman–Crippen MR) is 69.8 cm³/mol.